The van der Waals surface area contributed by atoms with Crippen molar-refractivity contribution < 1.29 is 8.81 Å². The van der Waals surface area contributed by atoms with Crippen LogP contribution >= 0.6 is 0 Å². The van der Waals surface area contributed by atoms with E-state index in [2.05, 4.69) is 9.40 Å². The quantitative estimate of drug-likeness (QED) is 0.667. The molecule has 0 N–H and O–H groups in total. The number of hydrogen-bond acceptors (Lipinski definition) is 3. The molecule has 0 radical (unpaired) electrons. The van der Waals surface area contributed by atoms with Crippen molar-refractivity contribution in [2.24, 2.45) is 0 Å². The van der Waals surface area contributed by atoms with Gasteiger partial charge in [-0.2, -0.15) is 10.2 Å². The van der Waals surface area contributed by atoms with Crippen LogP contribution in [0, 0.1) is 17.5 Å². The van der Waals surface area contributed by atoms with E-state index in [1.54, 1.807) is 18.2 Å². The number of nitrogens with zero attached hydrogens (tertiary/aromatic N) is 2. The number of oxazole rings is 1. The highest BCUT2D eigenvalue weighted by molar-refractivity contribution is 5.76. The lowest BCUT2D eigenvalue weighted by Gasteiger charge is -1.92. The Morgan fingerprint density at radius 1 is 1.54 bits per heavy atom. The lowest BCUT2D eigenvalue weighted by molar-refractivity contribution is 0.355. The predicted molar refractivity (Wildman–Crippen MR) is 43.3 cm³/mol. The second-order valence-electron chi connectivity index (χ2n) is 2.57. The monoisotopic (exact) mass is 176 g/mol. The fraction of sp³-hybridized carbons (Fsp3) is 0.111. The van der Waals surface area contributed by atoms with Crippen LogP contribution in [0.3, 0.4) is 0 Å². The summed E-state index contributed by atoms with van der Waals surface area (Å²) in [4.78, 5) is 3.55. The highest BCUT2D eigenvalue weighted by atomic mass is 19.1. The van der Waals surface area contributed by atoms with Gasteiger partial charge in [0.2, 0.25) is 0 Å². The molecule has 64 valence electrons. The van der Waals surface area contributed by atoms with E-state index in [1.807, 2.05) is 6.07 Å². The van der Waals surface area contributed by atoms with Crippen LogP contribution in [0.1, 0.15) is 5.56 Å². The molecule has 0 amide bonds. The fourth-order valence-corrected chi connectivity index (χ4v) is 1.21. The first kappa shape index (κ1) is 7.74. The third-order valence-corrected chi connectivity index (χ3v) is 1.75. The molecule has 1 aromatic carbocycles. The molecule has 1 aromatic heterocycles. The third kappa shape index (κ3) is 1.25. The summed E-state index contributed by atoms with van der Waals surface area (Å²) in [5.41, 5.74) is 1.50. The van der Waals surface area contributed by atoms with Crippen molar-refractivity contribution in [1.29, 1.82) is 5.26 Å². The first-order valence-corrected chi connectivity index (χ1v) is 3.72. The smallest absolute Gasteiger partial charge is 0.382 e. The van der Waals surface area contributed by atoms with E-state index in [0.717, 1.165) is 0 Å². The van der Waals surface area contributed by atoms with Gasteiger partial charge in [-0.05, 0) is 11.6 Å². The molecule has 2 aromatic rings. The van der Waals surface area contributed by atoms with Crippen LogP contribution in [0.4, 0.5) is 4.39 Å². The van der Waals surface area contributed by atoms with Crippen molar-refractivity contribution in [3.8, 4) is 6.07 Å². The Hall–Kier alpha value is -1.89. The van der Waals surface area contributed by atoms with Crippen molar-refractivity contribution in [3.05, 3.63) is 29.9 Å². The van der Waals surface area contributed by atoms with Crippen molar-refractivity contribution >= 4 is 11.1 Å². The molecule has 0 saturated carbocycles. The van der Waals surface area contributed by atoms with Gasteiger partial charge in [-0.25, -0.2) is 0 Å². The summed E-state index contributed by atoms with van der Waals surface area (Å²) < 4.78 is 17.2. The molecule has 1 heterocycles. The molecule has 0 saturated heterocycles. The van der Waals surface area contributed by atoms with Gasteiger partial charge in [-0.15, -0.1) is 4.39 Å². The zero-order valence-electron chi connectivity index (χ0n) is 6.62. The van der Waals surface area contributed by atoms with Gasteiger partial charge in [-0.3, -0.25) is 0 Å². The molecular weight excluding hydrogens is 171 g/mol. The van der Waals surface area contributed by atoms with Crippen LogP contribution in [-0.2, 0) is 6.42 Å². The zero-order valence-corrected chi connectivity index (χ0v) is 6.62. The van der Waals surface area contributed by atoms with Gasteiger partial charge in [0.25, 0.3) is 0 Å². The number of benzene rings is 1. The van der Waals surface area contributed by atoms with Gasteiger partial charge >= 0.3 is 6.14 Å². The highest BCUT2D eigenvalue weighted by Gasteiger charge is 2.07. The molecule has 0 atom stereocenters. The van der Waals surface area contributed by atoms with E-state index in [-0.39, 0.29) is 6.42 Å². The minimum atomic E-state index is -0.861. The number of para-hydroxylation sites is 1. The first-order chi connectivity index (χ1) is 6.31. The van der Waals surface area contributed by atoms with Gasteiger partial charge in [0.15, 0.2) is 5.58 Å². The summed E-state index contributed by atoms with van der Waals surface area (Å²) in [5, 5.41) is 8.48. The average Bonchev–Trinajstić information content (AvgIpc) is 2.47. The molecule has 2 rings (SSSR count). The Morgan fingerprint density at radius 3 is 3.15 bits per heavy atom. The van der Waals surface area contributed by atoms with Crippen LogP contribution < -0.4 is 0 Å². The van der Waals surface area contributed by atoms with E-state index in [4.69, 9.17) is 5.26 Å². The Balaban J connectivity index is 2.69. The molecule has 4 heteroatoms. The Bertz CT molecular complexity index is 484. The molecule has 3 nitrogen and oxygen atoms in total. The largest absolute Gasteiger partial charge is 0.415 e. The molecule has 0 aliphatic rings. The van der Waals surface area contributed by atoms with E-state index < -0.39 is 6.14 Å². The number of fused-ring (bicyclic) bond motifs is 1. The molecule has 0 fully saturated rings. The van der Waals surface area contributed by atoms with Crippen LogP contribution in [0.25, 0.3) is 11.1 Å². The van der Waals surface area contributed by atoms with Gasteiger partial charge in [0.1, 0.15) is 5.52 Å². The maximum absolute atomic E-state index is 12.6. The molecule has 0 aliphatic carbocycles. The van der Waals surface area contributed by atoms with Crippen molar-refractivity contribution in [2.45, 2.75) is 6.42 Å². The second-order valence-corrected chi connectivity index (χ2v) is 2.57. The van der Waals surface area contributed by atoms with Crippen molar-refractivity contribution in [2.75, 3.05) is 0 Å². The first-order valence-electron chi connectivity index (χ1n) is 3.72. The zero-order chi connectivity index (χ0) is 9.26. The summed E-state index contributed by atoms with van der Waals surface area (Å²) in [6.45, 7) is 0. The average molecular weight is 176 g/mol. The summed E-state index contributed by atoms with van der Waals surface area (Å²) in [6, 6.07) is 7.04. The summed E-state index contributed by atoms with van der Waals surface area (Å²) >= 11 is 0. The van der Waals surface area contributed by atoms with Crippen molar-refractivity contribution in [3.63, 3.8) is 0 Å². The van der Waals surface area contributed by atoms with Crippen LogP contribution in [0.2, 0.25) is 0 Å². The number of halogens is 1. The van der Waals surface area contributed by atoms with Crippen molar-refractivity contribution in [1.82, 2.24) is 4.98 Å². The predicted octanol–water partition coefficient (Wildman–Crippen LogP) is 2.03. The van der Waals surface area contributed by atoms with Gasteiger partial charge in [0, 0.05) is 0 Å². The lowest BCUT2D eigenvalue weighted by Crippen LogP contribution is -1.83. The van der Waals surface area contributed by atoms with Crippen LogP contribution in [0.5, 0.6) is 0 Å². The number of nitriles is 1. The maximum atomic E-state index is 12.6. The van der Waals surface area contributed by atoms with E-state index in [0.29, 0.717) is 16.7 Å². The minimum absolute atomic E-state index is 0.212. The van der Waals surface area contributed by atoms with E-state index in [1.165, 1.54) is 0 Å². The normalized spacial score (nSPS) is 10.2. The Morgan fingerprint density at radius 2 is 2.38 bits per heavy atom. The number of rotatable bonds is 1. The van der Waals surface area contributed by atoms with Crippen LogP contribution in [-0.4, -0.2) is 4.98 Å². The molecule has 13 heavy (non-hydrogen) atoms. The molecule has 0 aliphatic heterocycles. The Kier molecular flexibility index (Phi) is 1.71. The standard InChI is InChI=1S/C9H5FN2O/c10-9-12-8-6(4-5-11)2-1-3-7(8)13-9/h1-3H,4H2. The molecule has 0 spiro atoms. The summed E-state index contributed by atoms with van der Waals surface area (Å²) in [5.74, 6) is 0. The fourth-order valence-electron chi connectivity index (χ4n) is 1.21. The Labute approximate surface area is 73.4 Å². The van der Waals surface area contributed by atoms with E-state index in [9.17, 15) is 4.39 Å². The number of hydrogen-bond donors (Lipinski definition) is 0. The van der Waals surface area contributed by atoms with Gasteiger partial charge < -0.3 is 4.42 Å². The highest BCUT2D eigenvalue weighted by Crippen LogP contribution is 2.18. The van der Waals surface area contributed by atoms with Gasteiger partial charge in [-0.1, -0.05) is 12.1 Å². The molecular formula is C9H5FN2O. The maximum Gasteiger partial charge on any atom is 0.382 e. The lowest BCUT2D eigenvalue weighted by atomic mass is 10.1. The van der Waals surface area contributed by atoms with Gasteiger partial charge in [0.05, 0.1) is 12.5 Å². The molecule has 0 bridgehead atoms. The SMILES string of the molecule is N#CCc1cccc2oc(F)nc12. The minimum Gasteiger partial charge on any atom is -0.415 e. The third-order valence-electron chi connectivity index (χ3n) is 1.75. The topological polar surface area (TPSA) is 49.8 Å². The second kappa shape index (κ2) is 2.87. The summed E-state index contributed by atoms with van der Waals surface area (Å²) in [6.07, 6.45) is -0.649. The van der Waals surface area contributed by atoms with Crippen LogP contribution in [0.15, 0.2) is 22.6 Å². The van der Waals surface area contributed by atoms with E-state index >= 15 is 0 Å². The molecule has 0 unspecified atom stereocenters. The number of aromatic nitrogens is 1. The summed E-state index contributed by atoms with van der Waals surface area (Å²) in [7, 11) is 0.